The number of carbonyl (C=O) groups excluding carboxylic acids is 2. The molecule has 1 heterocycles. The molecular formula is C25H32N4O4S. The largest absolute Gasteiger partial charge is 0.368 e. The average Bonchev–Trinajstić information content (AvgIpc) is 2.88. The Hall–Kier alpha value is -2.75. The minimum Gasteiger partial charge on any atom is -0.368 e. The topological polar surface area (TPSA) is 113 Å². The summed E-state index contributed by atoms with van der Waals surface area (Å²) in [5.41, 5.74) is 6.26. The first-order valence-electron chi connectivity index (χ1n) is 11.8. The number of amides is 2. The van der Waals surface area contributed by atoms with E-state index < -0.39 is 22.0 Å². The van der Waals surface area contributed by atoms with Crippen molar-refractivity contribution in [2.75, 3.05) is 26.2 Å². The van der Waals surface area contributed by atoms with Crippen molar-refractivity contribution in [1.29, 1.82) is 0 Å². The highest BCUT2D eigenvalue weighted by atomic mass is 32.2. The van der Waals surface area contributed by atoms with Gasteiger partial charge in [0.1, 0.15) is 6.04 Å². The molecule has 2 aromatic carbocycles. The molecule has 0 spiro atoms. The van der Waals surface area contributed by atoms with Crippen LogP contribution in [0.3, 0.4) is 0 Å². The lowest BCUT2D eigenvalue weighted by Gasteiger charge is -2.43. The van der Waals surface area contributed by atoms with Crippen LogP contribution in [0.1, 0.15) is 37.3 Å². The molecule has 2 aromatic rings. The first-order chi connectivity index (χ1) is 16.4. The van der Waals surface area contributed by atoms with Crippen LogP contribution in [-0.2, 0) is 19.6 Å². The number of benzene rings is 2. The molecule has 2 amide bonds. The maximum atomic E-state index is 13.3. The Morgan fingerprint density at radius 3 is 2.09 bits per heavy atom. The van der Waals surface area contributed by atoms with Crippen LogP contribution in [0.5, 0.6) is 0 Å². The molecule has 3 N–H and O–H groups in total. The van der Waals surface area contributed by atoms with Crippen LogP contribution < -0.4 is 11.1 Å². The number of primary amides is 1. The van der Waals surface area contributed by atoms with Crippen molar-refractivity contribution < 1.29 is 18.0 Å². The molecule has 1 aliphatic heterocycles. The molecule has 2 aliphatic rings. The second kappa shape index (κ2) is 10.7. The molecule has 182 valence electrons. The summed E-state index contributed by atoms with van der Waals surface area (Å²) in [6.07, 6.45) is 3.58. The molecule has 4 rings (SSSR count). The number of hydrogen-bond donors (Lipinski definition) is 2. The molecule has 2 fully saturated rings. The first kappa shape index (κ1) is 24.4. The highest BCUT2D eigenvalue weighted by Crippen LogP contribution is 2.31. The summed E-state index contributed by atoms with van der Waals surface area (Å²) in [6.45, 7) is 1.91. The second-order valence-electron chi connectivity index (χ2n) is 8.97. The van der Waals surface area contributed by atoms with Gasteiger partial charge in [0, 0.05) is 32.2 Å². The molecule has 0 bridgehead atoms. The third-order valence-corrected chi connectivity index (χ3v) is 8.81. The van der Waals surface area contributed by atoms with Gasteiger partial charge in [-0.15, -0.1) is 0 Å². The Kier molecular flexibility index (Phi) is 7.65. The van der Waals surface area contributed by atoms with Gasteiger partial charge in [-0.25, -0.2) is 8.42 Å². The van der Waals surface area contributed by atoms with Crippen molar-refractivity contribution in [3.05, 3.63) is 66.2 Å². The van der Waals surface area contributed by atoms with E-state index in [1.165, 1.54) is 4.31 Å². The van der Waals surface area contributed by atoms with Crippen LogP contribution in [0.4, 0.5) is 0 Å². The van der Waals surface area contributed by atoms with E-state index in [1.54, 1.807) is 42.5 Å². The van der Waals surface area contributed by atoms with Crippen molar-refractivity contribution >= 4 is 21.8 Å². The molecule has 1 saturated heterocycles. The summed E-state index contributed by atoms with van der Waals surface area (Å²) in [7, 11) is -3.53. The molecule has 9 heteroatoms. The highest BCUT2D eigenvalue weighted by molar-refractivity contribution is 7.89. The Bertz CT molecular complexity index is 1090. The summed E-state index contributed by atoms with van der Waals surface area (Å²) in [6, 6.07) is 16.6. The lowest BCUT2D eigenvalue weighted by molar-refractivity contribution is -0.133. The van der Waals surface area contributed by atoms with Crippen molar-refractivity contribution in [3.8, 4) is 0 Å². The molecule has 1 saturated carbocycles. The van der Waals surface area contributed by atoms with Gasteiger partial charge >= 0.3 is 0 Å². The van der Waals surface area contributed by atoms with E-state index in [0.29, 0.717) is 36.6 Å². The Labute approximate surface area is 201 Å². The molecule has 1 aliphatic carbocycles. The standard InChI is InChI=1S/C25H32N4O4S/c26-24(30)23(19-9-3-1-4-10-19)27-25(31)21-13-7-8-14-22(21)28-15-17-29(18-16-28)34(32,33)20-11-5-2-6-12-20/h1-6,9-12,21-23H,7-8,13-18H2,(H2,26,30)(H,27,31)/t21-,22-,23+/m1/s1. The Morgan fingerprint density at radius 2 is 1.47 bits per heavy atom. The van der Waals surface area contributed by atoms with Gasteiger partial charge in [0.05, 0.1) is 10.8 Å². The van der Waals surface area contributed by atoms with Gasteiger partial charge in [-0.05, 0) is 30.5 Å². The lowest BCUT2D eigenvalue weighted by Crippen LogP contribution is -2.56. The Morgan fingerprint density at radius 1 is 0.882 bits per heavy atom. The van der Waals surface area contributed by atoms with Crippen LogP contribution in [0.25, 0.3) is 0 Å². The molecule has 3 atom stereocenters. The molecule has 8 nitrogen and oxygen atoms in total. The van der Waals surface area contributed by atoms with E-state index >= 15 is 0 Å². The molecule has 0 unspecified atom stereocenters. The fourth-order valence-electron chi connectivity index (χ4n) is 5.08. The first-order valence-corrected chi connectivity index (χ1v) is 13.3. The zero-order chi connectivity index (χ0) is 24.1. The van der Waals surface area contributed by atoms with E-state index in [0.717, 1.165) is 25.7 Å². The monoisotopic (exact) mass is 484 g/mol. The van der Waals surface area contributed by atoms with E-state index in [-0.39, 0.29) is 17.9 Å². The van der Waals surface area contributed by atoms with E-state index in [4.69, 9.17) is 5.73 Å². The van der Waals surface area contributed by atoms with E-state index in [2.05, 4.69) is 10.2 Å². The summed E-state index contributed by atoms with van der Waals surface area (Å²) >= 11 is 0. The highest BCUT2D eigenvalue weighted by Gasteiger charge is 2.39. The third-order valence-electron chi connectivity index (χ3n) is 6.89. The summed E-state index contributed by atoms with van der Waals surface area (Å²) in [4.78, 5) is 27.9. The minimum atomic E-state index is -3.53. The van der Waals surface area contributed by atoms with Crippen LogP contribution in [0.15, 0.2) is 65.6 Å². The van der Waals surface area contributed by atoms with Crippen molar-refractivity contribution in [2.45, 2.75) is 42.7 Å². The number of nitrogens with zero attached hydrogens (tertiary/aromatic N) is 2. The maximum absolute atomic E-state index is 13.3. The molecular weight excluding hydrogens is 452 g/mol. The predicted octanol–water partition coefficient (Wildman–Crippen LogP) is 1.89. The summed E-state index contributed by atoms with van der Waals surface area (Å²) < 4.78 is 27.4. The number of carbonyl (C=O) groups is 2. The fourth-order valence-corrected chi connectivity index (χ4v) is 6.53. The fraction of sp³-hybridized carbons (Fsp3) is 0.440. The minimum absolute atomic E-state index is 0.0135. The quantitative estimate of drug-likeness (QED) is 0.623. The van der Waals surface area contributed by atoms with Crippen LogP contribution in [0, 0.1) is 5.92 Å². The third kappa shape index (κ3) is 5.32. The number of nitrogens with two attached hydrogens (primary N) is 1. The molecule has 0 aromatic heterocycles. The predicted molar refractivity (Wildman–Crippen MR) is 129 cm³/mol. The van der Waals surface area contributed by atoms with Gasteiger partial charge in [-0.1, -0.05) is 61.4 Å². The lowest BCUT2D eigenvalue weighted by atomic mass is 9.82. The summed E-state index contributed by atoms with van der Waals surface area (Å²) in [5, 5.41) is 2.88. The maximum Gasteiger partial charge on any atom is 0.244 e. The van der Waals surface area contributed by atoms with Crippen molar-refractivity contribution in [3.63, 3.8) is 0 Å². The number of nitrogens with one attached hydrogen (secondary N) is 1. The zero-order valence-corrected chi connectivity index (χ0v) is 20.0. The van der Waals surface area contributed by atoms with E-state index in [9.17, 15) is 18.0 Å². The van der Waals surface area contributed by atoms with Crippen LogP contribution in [0.2, 0.25) is 0 Å². The molecule has 34 heavy (non-hydrogen) atoms. The summed E-state index contributed by atoms with van der Waals surface area (Å²) in [5.74, 6) is -1.03. The van der Waals surface area contributed by atoms with Crippen molar-refractivity contribution in [2.24, 2.45) is 11.7 Å². The molecule has 0 radical (unpaired) electrons. The zero-order valence-electron chi connectivity index (χ0n) is 19.2. The van der Waals surface area contributed by atoms with Gasteiger partial charge < -0.3 is 11.1 Å². The van der Waals surface area contributed by atoms with Gasteiger partial charge in [0.2, 0.25) is 21.8 Å². The Balaban J connectivity index is 1.42. The smallest absolute Gasteiger partial charge is 0.244 e. The van der Waals surface area contributed by atoms with E-state index in [1.807, 2.05) is 18.2 Å². The van der Waals surface area contributed by atoms with Crippen molar-refractivity contribution in [1.82, 2.24) is 14.5 Å². The van der Waals surface area contributed by atoms with Gasteiger partial charge in [0.15, 0.2) is 0 Å². The number of rotatable bonds is 7. The SMILES string of the molecule is NC(=O)[C@@H](NC(=O)[C@@H]1CCCC[C@H]1N1CCN(S(=O)(=O)c2ccccc2)CC1)c1ccccc1. The van der Waals surface area contributed by atoms with Crippen LogP contribution >= 0.6 is 0 Å². The van der Waals surface area contributed by atoms with Gasteiger partial charge in [-0.2, -0.15) is 4.31 Å². The van der Waals surface area contributed by atoms with Gasteiger partial charge in [0.25, 0.3) is 0 Å². The number of sulfonamides is 1. The van der Waals surface area contributed by atoms with Crippen LogP contribution in [-0.4, -0.2) is 61.7 Å². The van der Waals surface area contributed by atoms with Gasteiger partial charge in [-0.3, -0.25) is 14.5 Å². The number of piperazine rings is 1. The average molecular weight is 485 g/mol. The second-order valence-corrected chi connectivity index (χ2v) is 10.9. The number of hydrogen-bond acceptors (Lipinski definition) is 5. The normalized spacial score (nSPS) is 23.2.